The van der Waals surface area contributed by atoms with Crippen molar-refractivity contribution >= 4 is 34.9 Å². The first kappa shape index (κ1) is 28.1. The molecule has 9 heteroatoms. The first-order chi connectivity index (χ1) is 20.4. The molecule has 5 rings (SSSR count). The van der Waals surface area contributed by atoms with Gasteiger partial charge in [0.05, 0.1) is 25.5 Å². The molecule has 1 aliphatic rings. The van der Waals surface area contributed by atoms with Gasteiger partial charge in [0.2, 0.25) is 5.91 Å². The number of hydrogen-bond acceptors (Lipinski definition) is 6. The summed E-state index contributed by atoms with van der Waals surface area (Å²) in [6.07, 6.45) is 0. The molecule has 1 aliphatic heterocycles. The predicted molar refractivity (Wildman–Crippen MR) is 157 cm³/mol. The van der Waals surface area contributed by atoms with E-state index in [9.17, 15) is 19.2 Å². The Bertz CT molecular complexity index is 1600. The lowest BCUT2D eigenvalue weighted by atomic mass is 10.0. The van der Waals surface area contributed by atoms with Crippen LogP contribution in [0.25, 0.3) is 0 Å². The number of benzene rings is 4. The topological polar surface area (TPSA) is 105 Å². The average molecular weight is 564 g/mol. The zero-order valence-electron chi connectivity index (χ0n) is 23.2. The molecule has 9 nitrogen and oxygen atoms in total. The standard InChI is InChI=1S/C33H29N3O6/c1-41-25-16-12-23(13-17-25)30(32(39)34-24-14-18-26(42-2)19-15-24)36(20-22-8-4-3-5-9-22)29(37)21-35-28-11-7-6-10-27(28)31(38)33(35)40/h3-19,30H,20-21H2,1-2H3,(H,34,39). The fourth-order valence-corrected chi connectivity index (χ4v) is 4.88. The zero-order valence-corrected chi connectivity index (χ0v) is 23.2. The third-order valence-electron chi connectivity index (χ3n) is 7.04. The van der Waals surface area contributed by atoms with Crippen LogP contribution >= 0.6 is 0 Å². The third kappa shape index (κ3) is 5.85. The van der Waals surface area contributed by atoms with Gasteiger partial charge in [0.25, 0.3) is 17.6 Å². The maximum absolute atomic E-state index is 14.1. The molecule has 212 valence electrons. The van der Waals surface area contributed by atoms with Gasteiger partial charge in [-0.25, -0.2) is 0 Å². The molecular formula is C33H29N3O6. The number of ether oxygens (including phenoxy) is 2. The number of carbonyl (C=O) groups is 4. The number of Topliss-reactive ketones (excluding diaryl/α,β-unsaturated/α-hetero) is 1. The predicted octanol–water partition coefficient (Wildman–Crippen LogP) is 4.64. The number of para-hydroxylation sites is 1. The lowest BCUT2D eigenvalue weighted by Crippen LogP contribution is -2.46. The van der Waals surface area contributed by atoms with Crippen molar-refractivity contribution in [3.63, 3.8) is 0 Å². The maximum Gasteiger partial charge on any atom is 0.299 e. The molecule has 0 spiro atoms. The fourth-order valence-electron chi connectivity index (χ4n) is 4.88. The van der Waals surface area contributed by atoms with Crippen LogP contribution in [0.5, 0.6) is 11.5 Å². The van der Waals surface area contributed by atoms with Crippen LogP contribution in [-0.4, -0.2) is 49.2 Å². The minimum atomic E-state index is -1.09. The Hall–Kier alpha value is -5.44. The third-order valence-corrected chi connectivity index (χ3v) is 7.04. The number of carbonyl (C=O) groups excluding carboxylic acids is 4. The Morgan fingerprint density at radius 3 is 2.02 bits per heavy atom. The van der Waals surface area contributed by atoms with Gasteiger partial charge in [0.15, 0.2) is 0 Å². The highest BCUT2D eigenvalue weighted by molar-refractivity contribution is 6.52. The summed E-state index contributed by atoms with van der Waals surface area (Å²) in [6, 6.07) is 28.5. The summed E-state index contributed by atoms with van der Waals surface area (Å²) in [5.74, 6) is -1.21. The summed E-state index contributed by atoms with van der Waals surface area (Å²) in [5.41, 5.74) is 2.44. The molecule has 0 bridgehead atoms. The fraction of sp³-hybridized carbons (Fsp3) is 0.152. The second-order valence-corrected chi connectivity index (χ2v) is 9.64. The van der Waals surface area contributed by atoms with Crippen molar-refractivity contribution < 1.29 is 28.7 Å². The number of anilines is 2. The molecule has 0 radical (unpaired) electrons. The van der Waals surface area contributed by atoms with E-state index in [4.69, 9.17) is 9.47 Å². The van der Waals surface area contributed by atoms with E-state index >= 15 is 0 Å². The van der Waals surface area contributed by atoms with Gasteiger partial charge in [0.1, 0.15) is 24.1 Å². The van der Waals surface area contributed by atoms with Crippen LogP contribution in [0.4, 0.5) is 11.4 Å². The number of nitrogens with zero attached hydrogens (tertiary/aromatic N) is 2. The van der Waals surface area contributed by atoms with Crippen molar-refractivity contribution in [3.05, 3.63) is 120 Å². The van der Waals surface area contributed by atoms with Crippen molar-refractivity contribution in [3.8, 4) is 11.5 Å². The molecule has 42 heavy (non-hydrogen) atoms. The van der Waals surface area contributed by atoms with E-state index in [1.807, 2.05) is 30.3 Å². The van der Waals surface area contributed by atoms with Crippen molar-refractivity contribution in [1.82, 2.24) is 4.90 Å². The minimum Gasteiger partial charge on any atom is -0.497 e. The first-order valence-corrected chi connectivity index (χ1v) is 13.3. The Labute approximate surface area is 243 Å². The van der Waals surface area contributed by atoms with E-state index in [2.05, 4.69) is 5.32 Å². The second-order valence-electron chi connectivity index (χ2n) is 9.64. The van der Waals surface area contributed by atoms with Gasteiger partial charge < -0.3 is 19.7 Å². The van der Waals surface area contributed by atoms with E-state index in [-0.39, 0.29) is 12.1 Å². The number of hydrogen-bond donors (Lipinski definition) is 1. The van der Waals surface area contributed by atoms with Crippen molar-refractivity contribution in [2.24, 2.45) is 0 Å². The van der Waals surface area contributed by atoms with Crippen LogP contribution < -0.4 is 19.7 Å². The Morgan fingerprint density at radius 1 is 0.786 bits per heavy atom. The number of rotatable bonds is 10. The van der Waals surface area contributed by atoms with Crippen LogP contribution in [0.15, 0.2) is 103 Å². The van der Waals surface area contributed by atoms with Gasteiger partial charge in [-0.1, -0.05) is 54.6 Å². The van der Waals surface area contributed by atoms with E-state index in [1.54, 1.807) is 87.0 Å². The first-order valence-electron chi connectivity index (χ1n) is 13.3. The van der Waals surface area contributed by atoms with Crippen molar-refractivity contribution in [2.75, 3.05) is 31.0 Å². The lowest BCUT2D eigenvalue weighted by Gasteiger charge is -2.33. The molecule has 0 aliphatic carbocycles. The summed E-state index contributed by atoms with van der Waals surface area (Å²) in [6.45, 7) is -0.346. The number of fused-ring (bicyclic) bond motifs is 1. The van der Waals surface area contributed by atoms with E-state index in [0.717, 1.165) is 5.56 Å². The van der Waals surface area contributed by atoms with Gasteiger partial charge in [-0.3, -0.25) is 24.1 Å². The molecule has 0 saturated heterocycles. The largest absolute Gasteiger partial charge is 0.497 e. The average Bonchev–Trinajstić information content (AvgIpc) is 3.26. The molecule has 0 saturated carbocycles. The molecule has 4 aromatic rings. The summed E-state index contributed by atoms with van der Waals surface area (Å²) >= 11 is 0. The Kier molecular flexibility index (Phi) is 8.29. The van der Waals surface area contributed by atoms with Gasteiger partial charge >= 0.3 is 0 Å². The van der Waals surface area contributed by atoms with Gasteiger partial charge in [-0.05, 0) is 59.7 Å². The van der Waals surface area contributed by atoms with E-state index in [1.165, 1.54) is 9.80 Å². The van der Waals surface area contributed by atoms with Crippen molar-refractivity contribution in [1.29, 1.82) is 0 Å². The summed E-state index contributed by atoms with van der Waals surface area (Å²) in [7, 11) is 3.09. The molecule has 4 aromatic carbocycles. The zero-order chi connectivity index (χ0) is 29.6. The highest BCUT2D eigenvalue weighted by Gasteiger charge is 2.39. The van der Waals surface area contributed by atoms with Crippen LogP contribution in [0, 0.1) is 0 Å². The maximum atomic E-state index is 14.1. The van der Waals surface area contributed by atoms with Crippen LogP contribution in [-0.2, 0) is 20.9 Å². The molecule has 1 atom stereocenters. The number of ketones is 1. The summed E-state index contributed by atoms with van der Waals surface area (Å²) in [5, 5.41) is 2.91. The monoisotopic (exact) mass is 563 g/mol. The quantitative estimate of drug-likeness (QED) is 0.282. The van der Waals surface area contributed by atoms with Crippen LogP contribution in [0.3, 0.4) is 0 Å². The lowest BCUT2D eigenvalue weighted by molar-refractivity contribution is -0.139. The van der Waals surface area contributed by atoms with Crippen molar-refractivity contribution in [2.45, 2.75) is 12.6 Å². The highest BCUT2D eigenvalue weighted by atomic mass is 16.5. The molecule has 1 heterocycles. The van der Waals surface area contributed by atoms with Crippen LogP contribution in [0.2, 0.25) is 0 Å². The van der Waals surface area contributed by atoms with Gasteiger partial charge in [-0.15, -0.1) is 0 Å². The Balaban J connectivity index is 1.53. The highest BCUT2D eigenvalue weighted by Crippen LogP contribution is 2.31. The number of amides is 3. The van der Waals surface area contributed by atoms with E-state index in [0.29, 0.717) is 28.4 Å². The smallest absolute Gasteiger partial charge is 0.299 e. The second kappa shape index (κ2) is 12.4. The SMILES string of the molecule is COc1ccc(NC(=O)C(c2ccc(OC)cc2)N(Cc2ccccc2)C(=O)CN2C(=O)C(=O)c3ccccc32)cc1. The van der Waals surface area contributed by atoms with Gasteiger partial charge in [0, 0.05) is 12.2 Å². The Morgan fingerprint density at radius 2 is 1.38 bits per heavy atom. The van der Waals surface area contributed by atoms with E-state index < -0.39 is 36.1 Å². The molecule has 3 amide bonds. The molecule has 0 aromatic heterocycles. The summed E-state index contributed by atoms with van der Waals surface area (Å²) in [4.78, 5) is 56.3. The normalized spacial score (nSPS) is 12.9. The summed E-state index contributed by atoms with van der Waals surface area (Å²) < 4.78 is 10.5. The molecular weight excluding hydrogens is 534 g/mol. The number of nitrogens with one attached hydrogen (secondary N) is 1. The molecule has 1 unspecified atom stereocenters. The minimum absolute atomic E-state index is 0.0734. The number of methoxy groups -OCH3 is 2. The molecule has 0 fully saturated rings. The van der Waals surface area contributed by atoms with Gasteiger partial charge in [-0.2, -0.15) is 0 Å². The van der Waals surface area contributed by atoms with Crippen LogP contribution in [0.1, 0.15) is 27.5 Å². The molecule has 1 N–H and O–H groups in total.